The standard InChI is InChI=1S/C47H53BrFN10O6P/c1-5-28-24-35(53-46-51-26-32(48)44(55-46)52-36-27-50-34-9-7-6-8-31(34)43(36)66(3,4)63)39(64-2)25-38(28)58-18-15-30(16-19-58)57-22-20-56(21-23-57)17-14-29-10-11-33(49)41-42(29)65-47(62)59(41)37-12-13-40(60)54-45(37)61/h6-11,24-27,30,37H,5,12-23H2,1-4H3,(H,54,60,61)(H2,51,52,53,55)/t37-/m0/s1. The van der Waals surface area contributed by atoms with E-state index in [1.807, 2.05) is 24.3 Å². The number of nitrogens with zero attached hydrogens (tertiary/aromatic N) is 7. The van der Waals surface area contributed by atoms with Gasteiger partial charge in [0.25, 0.3) is 0 Å². The maximum atomic E-state index is 15.2. The fraction of sp³-hybridized carbons (Fsp3) is 0.404. The highest BCUT2D eigenvalue weighted by Crippen LogP contribution is 2.42. The summed E-state index contributed by atoms with van der Waals surface area (Å²) in [6.45, 7) is 11.9. The molecular weight excluding hydrogens is 930 g/mol. The van der Waals surface area contributed by atoms with Crippen molar-refractivity contribution >= 4 is 91.0 Å². The first-order valence-corrected chi connectivity index (χ1v) is 25.8. The Morgan fingerprint density at radius 3 is 2.44 bits per heavy atom. The monoisotopic (exact) mass is 982 g/mol. The Balaban J connectivity index is 0.816. The Labute approximate surface area is 389 Å². The van der Waals surface area contributed by atoms with Crippen molar-refractivity contribution < 1.29 is 27.7 Å². The summed E-state index contributed by atoms with van der Waals surface area (Å²) in [4.78, 5) is 58.6. The smallest absolute Gasteiger partial charge is 0.420 e. The van der Waals surface area contributed by atoms with Crippen LogP contribution in [-0.2, 0) is 27.0 Å². The van der Waals surface area contributed by atoms with Crippen molar-refractivity contribution in [3.05, 3.63) is 92.9 Å². The number of fused-ring (bicyclic) bond motifs is 2. The summed E-state index contributed by atoms with van der Waals surface area (Å²) in [5.74, 6) is -0.951. The molecule has 0 radical (unpaired) electrons. The zero-order valence-corrected chi connectivity index (χ0v) is 39.9. The van der Waals surface area contributed by atoms with Gasteiger partial charge in [-0.1, -0.05) is 31.2 Å². The largest absolute Gasteiger partial charge is 0.494 e. The Morgan fingerprint density at radius 2 is 1.71 bits per heavy atom. The molecule has 6 heterocycles. The van der Waals surface area contributed by atoms with Gasteiger partial charge < -0.3 is 34.2 Å². The molecule has 3 aromatic carbocycles. The molecular formula is C47H53BrFN10O6P. The van der Waals surface area contributed by atoms with Gasteiger partial charge in [0.15, 0.2) is 11.4 Å². The SMILES string of the molecule is CCc1cc(Nc2ncc(Br)c(Nc3cnc4ccccc4c3P(C)(C)=O)n2)c(OC)cc1N1CCC(N2CCN(CCc3ccc(F)c4c3oc(=O)n4[C@H]3CCC(=O)NC3=O)CC2)CC1. The van der Waals surface area contributed by atoms with E-state index in [0.29, 0.717) is 57.6 Å². The van der Waals surface area contributed by atoms with E-state index >= 15 is 4.39 Å². The van der Waals surface area contributed by atoms with Gasteiger partial charge in [-0.05, 0) is 90.7 Å². The van der Waals surface area contributed by atoms with Crippen LogP contribution in [0.5, 0.6) is 5.75 Å². The van der Waals surface area contributed by atoms with Crippen LogP contribution in [0, 0.1) is 5.82 Å². The van der Waals surface area contributed by atoms with E-state index in [1.165, 1.54) is 11.6 Å². The molecule has 66 heavy (non-hydrogen) atoms. The number of piperazine rings is 1. The third-order valence-electron chi connectivity index (χ3n) is 13.0. The second-order valence-corrected chi connectivity index (χ2v) is 21.5. The molecule has 9 rings (SSSR count). The van der Waals surface area contributed by atoms with E-state index in [9.17, 15) is 18.9 Å². The maximum absolute atomic E-state index is 15.2. The molecule has 0 aliphatic carbocycles. The number of aryl methyl sites for hydroxylation is 1. The van der Waals surface area contributed by atoms with Gasteiger partial charge in [0.2, 0.25) is 17.8 Å². The van der Waals surface area contributed by atoms with Crippen molar-refractivity contribution in [3.63, 3.8) is 0 Å². The van der Waals surface area contributed by atoms with Gasteiger partial charge in [-0.15, -0.1) is 0 Å². The van der Waals surface area contributed by atoms with Crippen LogP contribution in [0.25, 0.3) is 22.0 Å². The highest BCUT2D eigenvalue weighted by atomic mass is 79.9. The first-order valence-electron chi connectivity index (χ1n) is 22.4. The van der Waals surface area contributed by atoms with Crippen LogP contribution in [0.4, 0.5) is 33.2 Å². The lowest BCUT2D eigenvalue weighted by Gasteiger charge is -2.43. The van der Waals surface area contributed by atoms with E-state index in [2.05, 4.69) is 75.6 Å². The number of rotatable bonds is 13. The number of carbonyl (C=O) groups is 2. The molecule has 16 nitrogen and oxygen atoms in total. The Kier molecular flexibility index (Phi) is 13.0. The van der Waals surface area contributed by atoms with Crippen molar-refractivity contribution in [1.82, 2.24) is 34.6 Å². The Hall–Kier alpha value is -5.68. The van der Waals surface area contributed by atoms with Crippen LogP contribution in [0.2, 0.25) is 0 Å². The van der Waals surface area contributed by atoms with E-state index in [4.69, 9.17) is 14.1 Å². The maximum Gasteiger partial charge on any atom is 0.420 e. The average molecular weight is 984 g/mol. The van der Waals surface area contributed by atoms with Crippen molar-refractivity contribution in [2.75, 3.05) is 81.8 Å². The highest BCUT2D eigenvalue weighted by Gasteiger charge is 2.34. The van der Waals surface area contributed by atoms with Crippen molar-refractivity contribution in [2.45, 2.75) is 57.5 Å². The molecule has 3 aromatic heterocycles. The summed E-state index contributed by atoms with van der Waals surface area (Å²) in [6, 6.07) is 14.3. The van der Waals surface area contributed by atoms with Crippen LogP contribution < -0.4 is 36.6 Å². The minimum atomic E-state index is -2.73. The van der Waals surface area contributed by atoms with Crippen LogP contribution in [-0.4, -0.2) is 113 Å². The lowest BCUT2D eigenvalue weighted by atomic mass is 9.99. The summed E-state index contributed by atoms with van der Waals surface area (Å²) >= 11 is 3.60. The molecule has 3 fully saturated rings. The fourth-order valence-corrected chi connectivity index (χ4v) is 11.4. The number of para-hydroxylation sites is 1. The number of imide groups is 1. The number of amides is 2. The van der Waals surface area contributed by atoms with E-state index in [0.717, 1.165) is 85.4 Å². The lowest BCUT2D eigenvalue weighted by molar-refractivity contribution is -0.135. The van der Waals surface area contributed by atoms with E-state index < -0.39 is 36.6 Å². The summed E-state index contributed by atoms with van der Waals surface area (Å²) in [6.07, 6.45) is 6.98. The van der Waals surface area contributed by atoms with Crippen LogP contribution in [0.1, 0.15) is 49.8 Å². The topological polar surface area (TPSA) is 180 Å². The predicted molar refractivity (Wildman–Crippen MR) is 258 cm³/mol. The lowest BCUT2D eigenvalue weighted by Crippen LogP contribution is -2.53. The van der Waals surface area contributed by atoms with Gasteiger partial charge in [0, 0.05) is 86.9 Å². The van der Waals surface area contributed by atoms with Crippen molar-refractivity contribution in [3.8, 4) is 5.75 Å². The first-order chi connectivity index (χ1) is 31.8. The molecule has 1 atom stereocenters. The van der Waals surface area contributed by atoms with Crippen molar-refractivity contribution in [2.24, 2.45) is 0 Å². The van der Waals surface area contributed by atoms with Gasteiger partial charge in [0.05, 0.1) is 34.7 Å². The number of ether oxygens (including phenoxy) is 1. The molecule has 0 bridgehead atoms. The number of hydrogen-bond acceptors (Lipinski definition) is 14. The molecule has 0 spiro atoms. The van der Waals surface area contributed by atoms with Gasteiger partial charge in [0.1, 0.15) is 30.3 Å². The second-order valence-electron chi connectivity index (χ2n) is 17.5. The zero-order valence-electron chi connectivity index (χ0n) is 37.4. The zero-order chi connectivity index (χ0) is 46.3. The summed E-state index contributed by atoms with van der Waals surface area (Å²) in [5, 5.41) is 10.6. The minimum Gasteiger partial charge on any atom is -0.494 e. The quantitative estimate of drug-likeness (QED) is 0.0800. The molecule has 3 N–H and O–H groups in total. The molecule has 3 aliphatic heterocycles. The normalized spacial score (nSPS) is 18.0. The summed E-state index contributed by atoms with van der Waals surface area (Å²) < 4.78 is 42.0. The minimum absolute atomic E-state index is 0.0310. The van der Waals surface area contributed by atoms with Crippen LogP contribution in [0.15, 0.2) is 74.6 Å². The highest BCUT2D eigenvalue weighted by molar-refractivity contribution is 9.10. The number of anilines is 5. The fourth-order valence-electron chi connectivity index (χ4n) is 9.69. The Bertz CT molecular complexity index is 2940. The molecule has 0 saturated carbocycles. The number of piperidine rings is 2. The second kappa shape index (κ2) is 18.9. The molecule has 6 aromatic rings. The number of aromatic nitrogens is 4. The summed E-state index contributed by atoms with van der Waals surface area (Å²) in [7, 11) is -1.06. The van der Waals surface area contributed by atoms with Crippen molar-refractivity contribution in [1.29, 1.82) is 0 Å². The predicted octanol–water partition coefficient (Wildman–Crippen LogP) is 6.95. The number of halogens is 2. The number of benzene rings is 3. The molecule has 3 saturated heterocycles. The van der Waals surface area contributed by atoms with Crippen LogP contribution in [0.3, 0.4) is 0 Å². The third-order valence-corrected chi connectivity index (χ3v) is 15.2. The van der Waals surface area contributed by atoms with Crippen LogP contribution >= 0.6 is 23.1 Å². The van der Waals surface area contributed by atoms with Gasteiger partial charge in [-0.25, -0.2) is 14.2 Å². The van der Waals surface area contributed by atoms with Gasteiger partial charge in [-0.3, -0.25) is 29.4 Å². The number of oxazole rings is 1. The number of carbonyl (C=O) groups excluding carboxylic acids is 2. The molecule has 0 unspecified atom stereocenters. The average Bonchev–Trinajstić information content (AvgIpc) is 3.66. The number of methoxy groups -OCH3 is 1. The molecule has 2 amide bonds. The third kappa shape index (κ3) is 9.20. The van der Waals surface area contributed by atoms with Gasteiger partial charge >= 0.3 is 5.76 Å². The molecule has 346 valence electrons. The number of nitrogens with one attached hydrogen (secondary N) is 3. The Morgan fingerprint density at radius 1 is 0.939 bits per heavy atom. The molecule has 19 heteroatoms. The van der Waals surface area contributed by atoms with E-state index in [1.54, 1.807) is 38.9 Å². The number of hydrogen-bond donors (Lipinski definition) is 3. The number of pyridine rings is 1. The van der Waals surface area contributed by atoms with E-state index in [-0.39, 0.29) is 23.9 Å². The van der Waals surface area contributed by atoms with Gasteiger partial charge in [-0.2, -0.15) is 4.98 Å². The summed E-state index contributed by atoms with van der Waals surface area (Å²) in [5.41, 5.74) is 5.31. The molecule has 3 aliphatic rings. The first kappa shape index (κ1) is 45.5.